The number of carbonyl (C=O) groups excluding carboxylic acids is 1. The predicted octanol–water partition coefficient (Wildman–Crippen LogP) is 4.45. The fraction of sp³-hybridized carbons (Fsp3) is 0.381. The molecule has 0 unspecified atom stereocenters. The van der Waals surface area contributed by atoms with E-state index in [4.69, 9.17) is 0 Å². The maximum absolute atomic E-state index is 13.0. The Kier molecular flexibility index (Phi) is 5.73. The maximum Gasteiger partial charge on any atom is 0.417 e. The lowest BCUT2D eigenvalue weighted by Gasteiger charge is -2.30. The standard InChI is InChI=1S/C21H23F3N2O/c1-2-26-13-5-6-16-14-15(9-10-19(16)26)11-12-25-20(27)17-7-3-4-8-18(17)21(22,23)24/h3-4,7-10,14H,2,5-6,11-13H2,1H3,(H,25,27). The van der Waals surface area contributed by atoms with E-state index < -0.39 is 17.6 Å². The smallest absolute Gasteiger partial charge is 0.372 e. The van der Waals surface area contributed by atoms with Gasteiger partial charge in [-0.05, 0) is 55.5 Å². The molecule has 0 saturated carbocycles. The van der Waals surface area contributed by atoms with Crippen LogP contribution in [0.4, 0.5) is 18.9 Å². The van der Waals surface area contributed by atoms with Crippen molar-refractivity contribution >= 4 is 11.6 Å². The summed E-state index contributed by atoms with van der Waals surface area (Å²) in [5, 5.41) is 2.61. The summed E-state index contributed by atoms with van der Waals surface area (Å²) in [6, 6.07) is 11.1. The Labute approximate surface area is 157 Å². The number of nitrogens with zero attached hydrogens (tertiary/aromatic N) is 1. The molecule has 6 heteroatoms. The summed E-state index contributed by atoms with van der Waals surface area (Å²) in [5.74, 6) is -0.696. The quantitative estimate of drug-likeness (QED) is 0.836. The molecule has 27 heavy (non-hydrogen) atoms. The van der Waals surface area contributed by atoms with Gasteiger partial charge in [0.05, 0.1) is 11.1 Å². The second-order valence-corrected chi connectivity index (χ2v) is 6.70. The van der Waals surface area contributed by atoms with Gasteiger partial charge in [-0.15, -0.1) is 0 Å². The summed E-state index contributed by atoms with van der Waals surface area (Å²) in [7, 11) is 0. The van der Waals surface area contributed by atoms with Crippen molar-refractivity contribution in [2.45, 2.75) is 32.4 Å². The van der Waals surface area contributed by atoms with Crippen LogP contribution in [0.25, 0.3) is 0 Å². The normalized spacial score (nSPS) is 14.0. The summed E-state index contributed by atoms with van der Waals surface area (Å²) in [6.07, 6.45) is -1.81. The molecule has 0 spiro atoms. The topological polar surface area (TPSA) is 32.3 Å². The summed E-state index contributed by atoms with van der Waals surface area (Å²) in [4.78, 5) is 14.5. The van der Waals surface area contributed by atoms with Crippen LogP contribution in [0.15, 0.2) is 42.5 Å². The first-order valence-electron chi connectivity index (χ1n) is 9.21. The van der Waals surface area contributed by atoms with E-state index in [1.54, 1.807) is 0 Å². The third-order valence-corrected chi connectivity index (χ3v) is 4.92. The molecule has 1 heterocycles. The first-order chi connectivity index (χ1) is 12.9. The highest BCUT2D eigenvalue weighted by Crippen LogP contribution is 2.32. The van der Waals surface area contributed by atoms with Crippen LogP contribution in [0.3, 0.4) is 0 Å². The van der Waals surface area contributed by atoms with Gasteiger partial charge in [-0.3, -0.25) is 4.79 Å². The number of hydrogen-bond donors (Lipinski definition) is 1. The number of anilines is 1. The summed E-state index contributed by atoms with van der Waals surface area (Å²) >= 11 is 0. The van der Waals surface area contributed by atoms with Crippen LogP contribution < -0.4 is 10.2 Å². The molecule has 0 aliphatic carbocycles. The summed E-state index contributed by atoms with van der Waals surface area (Å²) in [5.41, 5.74) is 2.39. The van der Waals surface area contributed by atoms with Gasteiger partial charge >= 0.3 is 6.18 Å². The minimum atomic E-state index is -4.54. The molecule has 0 atom stereocenters. The number of benzene rings is 2. The number of rotatable bonds is 5. The maximum atomic E-state index is 13.0. The van der Waals surface area contributed by atoms with Crippen LogP contribution in [0.5, 0.6) is 0 Å². The van der Waals surface area contributed by atoms with E-state index in [2.05, 4.69) is 29.3 Å². The Morgan fingerprint density at radius 3 is 2.70 bits per heavy atom. The molecule has 144 valence electrons. The van der Waals surface area contributed by atoms with E-state index in [9.17, 15) is 18.0 Å². The zero-order valence-electron chi connectivity index (χ0n) is 15.3. The fourth-order valence-corrected chi connectivity index (χ4v) is 3.56. The van der Waals surface area contributed by atoms with Gasteiger partial charge < -0.3 is 10.2 Å². The molecule has 2 aromatic rings. The van der Waals surface area contributed by atoms with Crippen molar-refractivity contribution in [2.75, 3.05) is 24.5 Å². The zero-order chi connectivity index (χ0) is 19.4. The number of halogens is 3. The molecular formula is C21H23F3N2O. The van der Waals surface area contributed by atoms with Crippen molar-refractivity contribution in [3.8, 4) is 0 Å². The van der Waals surface area contributed by atoms with Gasteiger partial charge in [0.15, 0.2) is 0 Å². The first kappa shape index (κ1) is 19.3. The van der Waals surface area contributed by atoms with Crippen LogP contribution in [0.1, 0.15) is 40.4 Å². The Balaban J connectivity index is 1.63. The van der Waals surface area contributed by atoms with Gasteiger partial charge in [0.2, 0.25) is 0 Å². The minimum Gasteiger partial charge on any atom is -0.372 e. The number of aryl methyl sites for hydroxylation is 1. The second-order valence-electron chi connectivity index (χ2n) is 6.70. The van der Waals surface area contributed by atoms with E-state index in [0.29, 0.717) is 13.0 Å². The van der Waals surface area contributed by atoms with Crippen LogP contribution in [0.2, 0.25) is 0 Å². The molecule has 0 fully saturated rings. The number of fused-ring (bicyclic) bond motifs is 1. The Hall–Kier alpha value is -2.50. The first-order valence-corrected chi connectivity index (χ1v) is 9.21. The molecule has 0 aromatic heterocycles. The molecule has 1 aliphatic heterocycles. The van der Waals surface area contributed by atoms with Crippen LogP contribution in [-0.2, 0) is 19.0 Å². The average Bonchev–Trinajstić information content (AvgIpc) is 2.66. The SMILES string of the molecule is CCN1CCCc2cc(CCNC(=O)c3ccccc3C(F)(F)F)ccc21. The van der Waals surface area contributed by atoms with Crippen molar-refractivity contribution in [3.63, 3.8) is 0 Å². The van der Waals surface area contributed by atoms with Crippen molar-refractivity contribution < 1.29 is 18.0 Å². The summed E-state index contributed by atoms with van der Waals surface area (Å²) < 4.78 is 39.1. The van der Waals surface area contributed by atoms with E-state index in [0.717, 1.165) is 37.6 Å². The zero-order valence-corrected chi connectivity index (χ0v) is 15.3. The number of nitrogens with one attached hydrogen (secondary N) is 1. The fourth-order valence-electron chi connectivity index (χ4n) is 3.56. The number of hydrogen-bond acceptors (Lipinski definition) is 2. The van der Waals surface area contributed by atoms with Crippen LogP contribution in [0, 0.1) is 0 Å². The van der Waals surface area contributed by atoms with Crippen molar-refractivity contribution in [1.29, 1.82) is 0 Å². The molecule has 2 aromatic carbocycles. The highest BCUT2D eigenvalue weighted by atomic mass is 19.4. The van der Waals surface area contributed by atoms with Crippen LogP contribution >= 0.6 is 0 Å². The monoisotopic (exact) mass is 376 g/mol. The number of alkyl halides is 3. The van der Waals surface area contributed by atoms with Crippen LogP contribution in [-0.4, -0.2) is 25.5 Å². The van der Waals surface area contributed by atoms with E-state index in [1.807, 2.05) is 6.07 Å². The van der Waals surface area contributed by atoms with Crippen molar-refractivity contribution in [3.05, 3.63) is 64.7 Å². The molecule has 0 saturated heterocycles. The average molecular weight is 376 g/mol. The third kappa shape index (κ3) is 4.43. The molecular weight excluding hydrogens is 353 g/mol. The van der Waals surface area contributed by atoms with Crippen molar-refractivity contribution in [2.24, 2.45) is 0 Å². The molecule has 0 bridgehead atoms. The van der Waals surface area contributed by atoms with Gasteiger partial charge in [0.25, 0.3) is 5.91 Å². The van der Waals surface area contributed by atoms with E-state index >= 15 is 0 Å². The van der Waals surface area contributed by atoms with Gasteiger partial charge in [-0.1, -0.05) is 24.3 Å². The van der Waals surface area contributed by atoms with Gasteiger partial charge in [0, 0.05) is 25.3 Å². The largest absolute Gasteiger partial charge is 0.417 e. The van der Waals surface area contributed by atoms with Gasteiger partial charge in [-0.2, -0.15) is 13.2 Å². The Morgan fingerprint density at radius 1 is 1.19 bits per heavy atom. The third-order valence-electron chi connectivity index (χ3n) is 4.92. The number of carbonyl (C=O) groups is 1. The lowest BCUT2D eigenvalue weighted by molar-refractivity contribution is -0.137. The number of amides is 1. The molecule has 0 radical (unpaired) electrons. The lowest BCUT2D eigenvalue weighted by Crippen LogP contribution is -2.29. The highest BCUT2D eigenvalue weighted by Gasteiger charge is 2.34. The molecule has 1 N–H and O–H groups in total. The minimum absolute atomic E-state index is 0.293. The molecule has 3 rings (SSSR count). The lowest BCUT2D eigenvalue weighted by atomic mass is 9.98. The second kappa shape index (κ2) is 8.03. The molecule has 1 aliphatic rings. The van der Waals surface area contributed by atoms with Gasteiger partial charge in [0.1, 0.15) is 0 Å². The molecule has 3 nitrogen and oxygen atoms in total. The Bertz CT molecular complexity index is 817. The summed E-state index contributed by atoms with van der Waals surface area (Å²) in [6.45, 7) is 4.47. The van der Waals surface area contributed by atoms with E-state index in [-0.39, 0.29) is 5.56 Å². The van der Waals surface area contributed by atoms with Gasteiger partial charge in [-0.25, -0.2) is 0 Å². The predicted molar refractivity (Wildman–Crippen MR) is 100 cm³/mol. The highest BCUT2D eigenvalue weighted by molar-refractivity contribution is 5.95. The molecule has 1 amide bonds. The van der Waals surface area contributed by atoms with Crippen molar-refractivity contribution in [1.82, 2.24) is 5.32 Å². The van der Waals surface area contributed by atoms with E-state index in [1.165, 1.54) is 29.4 Å². The Morgan fingerprint density at radius 2 is 1.96 bits per heavy atom.